The van der Waals surface area contributed by atoms with Gasteiger partial charge in [-0.15, -0.1) is 11.3 Å². The average molecular weight is 322 g/mol. The zero-order valence-electron chi connectivity index (χ0n) is 10.5. The van der Waals surface area contributed by atoms with Gasteiger partial charge in [-0.3, -0.25) is 4.79 Å². The lowest BCUT2D eigenvalue weighted by Gasteiger charge is -2.15. The van der Waals surface area contributed by atoms with Crippen molar-refractivity contribution in [2.24, 2.45) is 0 Å². The van der Waals surface area contributed by atoms with Crippen LogP contribution in [0.25, 0.3) is 0 Å². The summed E-state index contributed by atoms with van der Waals surface area (Å²) in [5.41, 5.74) is -0.225. The summed E-state index contributed by atoms with van der Waals surface area (Å²) in [7, 11) is 0. The van der Waals surface area contributed by atoms with Gasteiger partial charge < -0.3 is 10.1 Å². The van der Waals surface area contributed by atoms with Gasteiger partial charge in [0, 0.05) is 0 Å². The van der Waals surface area contributed by atoms with E-state index in [2.05, 4.69) is 5.32 Å². The molecule has 7 heteroatoms. The number of amides is 1. The molecule has 1 aromatic heterocycles. The summed E-state index contributed by atoms with van der Waals surface area (Å²) < 4.78 is 5.34. The molecule has 1 aromatic rings. The monoisotopic (exact) mass is 321 g/mol. The van der Waals surface area contributed by atoms with Crippen molar-refractivity contribution in [3.8, 4) is 0 Å². The first-order valence-electron chi connectivity index (χ1n) is 5.85. The molecule has 0 saturated heterocycles. The molecule has 1 heterocycles. The average Bonchev–Trinajstić information content (AvgIpc) is 3.09. The number of hydrogen-bond donors (Lipinski definition) is 1. The number of rotatable bonds is 4. The van der Waals surface area contributed by atoms with E-state index in [1.807, 2.05) is 0 Å². The molecule has 1 saturated carbocycles. The van der Waals surface area contributed by atoms with E-state index in [-0.39, 0.29) is 11.9 Å². The maximum atomic E-state index is 12.2. The maximum absolute atomic E-state index is 12.2. The van der Waals surface area contributed by atoms with Gasteiger partial charge in [-0.1, -0.05) is 23.2 Å². The van der Waals surface area contributed by atoms with Gasteiger partial charge in [0.25, 0.3) is 5.91 Å². The second-order valence-corrected chi connectivity index (χ2v) is 6.40. The van der Waals surface area contributed by atoms with Crippen molar-refractivity contribution in [1.29, 1.82) is 0 Å². The number of nitrogens with one attached hydrogen (secondary N) is 1. The number of ether oxygens (including phenoxy) is 1. The SMILES string of the molecule is CCOC(=O)C1(NC(=O)c2sc(Cl)c(Cl)c2C)CC1. The van der Waals surface area contributed by atoms with Crippen LogP contribution in [0, 0.1) is 6.92 Å². The van der Waals surface area contributed by atoms with Crippen molar-refractivity contribution in [3.63, 3.8) is 0 Å². The Bertz CT molecular complexity index is 537. The third kappa shape index (κ3) is 2.73. The fourth-order valence-electron chi connectivity index (χ4n) is 1.72. The molecule has 0 aromatic carbocycles. The van der Waals surface area contributed by atoms with E-state index < -0.39 is 5.54 Å². The fourth-order valence-corrected chi connectivity index (χ4v) is 3.18. The Balaban J connectivity index is 2.13. The third-order valence-electron chi connectivity index (χ3n) is 3.01. The number of carbonyl (C=O) groups is 2. The predicted molar refractivity (Wildman–Crippen MR) is 75.1 cm³/mol. The number of hydrogen-bond acceptors (Lipinski definition) is 4. The number of halogens is 2. The molecule has 0 unspecified atom stereocenters. The number of thiophene rings is 1. The first-order valence-corrected chi connectivity index (χ1v) is 7.42. The Morgan fingerprint density at radius 1 is 1.42 bits per heavy atom. The molecule has 0 spiro atoms. The van der Waals surface area contributed by atoms with Crippen molar-refractivity contribution >= 4 is 46.4 Å². The van der Waals surface area contributed by atoms with Gasteiger partial charge >= 0.3 is 5.97 Å². The Morgan fingerprint density at radius 3 is 2.47 bits per heavy atom. The zero-order valence-corrected chi connectivity index (χ0v) is 12.8. The Hall–Kier alpha value is -0.780. The first kappa shape index (κ1) is 14.6. The Kier molecular flexibility index (Phi) is 4.08. The summed E-state index contributed by atoms with van der Waals surface area (Å²) in [6.07, 6.45) is 1.20. The molecular weight excluding hydrogens is 309 g/mol. The molecule has 1 aliphatic carbocycles. The molecule has 1 aliphatic rings. The van der Waals surface area contributed by atoms with Crippen molar-refractivity contribution < 1.29 is 14.3 Å². The molecule has 19 heavy (non-hydrogen) atoms. The van der Waals surface area contributed by atoms with E-state index in [1.165, 1.54) is 0 Å². The minimum atomic E-state index is -0.859. The van der Waals surface area contributed by atoms with Crippen LogP contribution in [0.3, 0.4) is 0 Å². The third-order valence-corrected chi connectivity index (χ3v) is 5.19. The van der Waals surface area contributed by atoms with Gasteiger partial charge in [-0.25, -0.2) is 4.79 Å². The highest BCUT2D eigenvalue weighted by molar-refractivity contribution is 7.19. The highest BCUT2D eigenvalue weighted by Gasteiger charge is 2.53. The molecule has 1 amide bonds. The molecule has 4 nitrogen and oxygen atoms in total. The van der Waals surface area contributed by atoms with E-state index in [0.717, 1.165) is 11.3 Å². The van der Waals surface area contributed by atoms with Crippen molar-refractivity contribution in [3.05, 3.63) is 19.8 Å². The molecule has 0 atom stereocenters. The Morgan fingerprint density at radius 2 is 2.05 bits per heavy atom. The zero-order chi connectivity index (χ0) is 14.2. The molecule has 0 aliphatic heterocycles. The van der Waals surface area contributed by atoms with Crippen LogP contribution in [0.15, 0.2) is 0 Å². The van der Waals surface area contributed by atoms with Crippen LogP contribution in [-0.2, 0) is 9.53 Å². The van der Waals surface area contributed by atoms with E-state index in [0.29, 0.717) is 39.2 Å². The summed E-state index contributed by atoms with van der Waals surface area (Å²) in [6, 6.07) is 0. The summed E-state index contributed by atoms with van der Waals surface area (Å²) in [6.45, 7) is 3.76. The highest BCUT2D eigenvalue weighted by Crippen LogP contribution is 2.39. The molecule has 0 radical (unpaired) electrons. The largest absolute Gasteiger partial charge is 0.464 e. The molecular formula is C12H13Cl2NO3S. The lowest BCUT2D eigenvalue weighted by Crippen LogP contribution is -2.44. The topological polar surface area (TPSA) is 55.4 Å². The van der Waals surface area contributed by atoms with Gasteiger partial charge in [0.1, 0.15) is 9.88 Å². The molecule has 1 fully saturated rings. The van der Waals surface area contributed by atoms with Gasteiger partial charge in [0.2, 0.25) is 0 Å². The summed E-state index contributed by atoms with van der Waals surface area (Å²) >= 11 is 13.0. The Labute approximate surface area is 125 Å². The van der Waals surface area contributed by atoms with E-state index in [1.54, 1.807) is 13.8 Å². The summed E-state index contributed by atoms with van der Waals surface area (Å²) in [5.74, 6) is -0.711. The van der Waals surface area contributed by atoms with Crippen LogP contribution >= 0.6 is 34.5 Å². The lowest BCUT2D eigenvalue weighted by atomic mass is 10.2. The number of esters is 1. The van der Waals surface area contributed by atoms with Crippen LogP contribution in [0.4, 0.5) is 0 Å². The molecule has 104 valence electrons. The lowest BCUT2D eigenvalue weighted by molar-refractivity contribution is -0.146. The second-order valence-electron chi connectivity index (χ2n) is 4.40. The van der Waals surface area contributed by atoms with Crippen LogP contribution in [0.1, 0.15) is 35.0 Å². The normalized spacial score (nSPS) is 16.0. The molecule has 0 bridgehead atoms. The minimum absolute atomic E-state index is 0.298. The second kappa shape index (κ2) is 5.31. The van der Waals surface area contributed by atoms with Crippen LogP contribution in [-0.4, -0.2) is 24.0 Å². The van der Waals surface area contributed by atoms with Crippen molar-refractivity contribution in [1.82, 2.24) is 5.32 Å². The van der Waals surface area contributed by atoms with Crippen molar-refractivity contribution in [2.45, 2.75) is 32.2 Å². The van der Waals surface area contributed by atoms with Crippen molar-refractivity contribution in [2.75, 3.05) is 6.61 Å². The fraction of sp³-hybridized carbons (Fsp3) is 0.500. The maximum Gasteiger partial charge on any atom is 0.331 e. The minimum Gasteiger partial charge on any atom is -0.464 e. The van der Waals surface area contributed by atoms with E-state index in [4.69, 9.17) is 27.9 Å². The molecule has 2 rings (SSSR count). The van der Waals surface area contributed by atoms with Gasteiger partial charge in [-0.05, 0) is 32.3 Å². The quantitative estimate of drug-likeness (QED) is 0.866. The number of carbonyl (C=O) groups excluding carboxylic acids is 2. The van der Waals surface area contributed by atoms with Crippen LogP contribution < -0.4 is 5.32 Å². The van der Waals surface area contributed by atoms with Crippen LogP contribution in [0.2, 0.25) is 9.36 Å². The summed E-state index contributed by atoms with van der Waals surface area (Å²) in [4.78, 5) is 24.4. The van der Waals surface area contributed by atoms with Gasteiger partial charge in [0.05, 0.1) is 16.5 Å². The van der Waals surface area contributed by atoms with Crippen LogP contribution in [0.5, 0.6) is 0 Å². The van der Waals surface area contributed by atoms with Gasteiger partial charge in [0.15, 0.2) is 0 Å². The summed E-state index contributed by atoms with van der Waals surface area (Å²) in [5, 5.41) is 3.12. The highest BCUT2D eigenvalue weighted by atomic mass is 35.5. The first-order chi connectivity index (χ1) is 8.91. The molecule has 1 N–H and O–H groups in total. The van der Waals surface area contributed by atoms with E-state index >= 15 is 0 Å². The predicted octanol–water partition coefficient (Wildman–Crippen LogP) is 3.19. The smallest absolute Gasteiger partial charge is 0.331 e. The van der Waals surface area contributed by atoms with Gasteiger partial charge in [-0.2, -0.15) is 0 Å². The standard InChI is InChI=1S/C12H13Cl2NO3S/c1-3-18-11(17)12(4-5-12)15-10(16)8-6(2)7(13)9(14)19-8/h3-5H2,1-2H3,(H,15,16). The van der Waals surface area contributed by atoms with E-state index in [9.17, 15) is 9.59 Å².